The van der Waals surface area contributed by atoms with Crippen molar-refractivity contribution in [3.63, 3.8) is 0 Å². The van der Waals surface area contributed by atoms with E-state index in [1.54, 1.807) is 0 Å². The summed E-state index contributed by atoms with van der Waals surface area (Å²) < 4.78 is 10.9. The van der Waals surface area contributed by atoms with Crippen LogP contribution in [0.15, 0.2) is 54.6 Å². The van der Waals surface area contributed by atoms with Gasteiger partial charge in [-0.15, -0.1) is 0 Å². The van der Waals surface area contributed by atoms with Crippen LogP contribution in [0, 0.1) is 13.8 Å². The predicted molar refractivity (Wildman–Crippen MR) is 128 cm³/mol. The van der Waals surface area contributed by atoms with Crippen LogP contribution in [-0.4, -0.2) is 18.6 Å². The second kappa shape index (κ2) is 7.96. The Morgan fingerprint density at radius 1 is 0.848 bits per heavy atom. The number of amides is 2. The number of benzene rings is 3. The molecule has 6 nitrogen and oxygen atoms in total. The van der Waals surface area contributed by atoms with Crippen LogP contribution in [0.4, 0.5) is 11.4 Å². The molecule has 0 bridgehead atoms. The highest BCUT2D eigenvalue weighted by Crippen LogP contribution is 2.51. The molecule has 0 radical (unpaired) electrons. The molecule has 1 aliphatic heterocycles. The van der Waals surface area contributed by atoms with Crippen molar-refractivity contribution in [2.45, 2.75) is 39.0 Å². The standard InChI is InChI=1S/C27H26N2O4/c1-16-4-7-21(14-22(16)19-5-8-23(17(2)12-19)28-18(3)30)29-26(31)27(10-11-27)20-6-9-24-25(13-20)33-15-32-24/h4-9,12-14H,10-11,15H2,1-3H3,(H,28,30)(H,29,31). The van der Waals surface area contributed by atoms with Crippen molar-refractivity contribution in [3.05, 3.63) is 71.3 Å². The van der Waals surface area contributed by atoms with Gasteiger partial charge >= 0.3 is 0 Å². The molecule has 168 valence electrons. The zero-order valence-electron chi connectivity index (χ0n) is 19.0. The molecule has 0 unspecified atom stereocenters. The molecule has 3 aromatic carbocycles. The van der Waals surface area contributed by atoms with E-state index in [2.05, 4.69) is 10.6 Å². The highest BCUT2D eigenvalue weighted by molar-refractivity contribution is 6.02. The van der Waals surface area contributed by atoms with Gasteiger partial charge in [0, 0.05) is 18.3 Å². The van der Waals surface area contributed by atoms with E-state index in [1.807, 2.05) is 68.4 Å². The Kier molecular flexibility index (Phi) is 5.08. The van der Waals surface area contributed by atoms with E-state index in [4.69, 9.17) is 9.47 Å². The molecule has 0 saturated heterocycles. The summed E-state index contributed by atoms with van der Waals surface area (Å²) in [7, 11) is 0. The molecule has 1 fully saturated rings. The van der Waals surface area contributed by atoms with Crippen LogP contribution >= 0.6 is 0 Å². The van der Waals surface area contributed by atoms with Crippen molar-refractivity contribution < 1.29 is 19.1 Å². The first kappa shape index (κ1) is 21.1. The fourth-order valence-corrected chi connectivity index (χ4v) is 4.39. The lowest BCUT2D eigenvalue weighted by molar-refractivity contribution is -0.118. The second-order valence-corrected chi connectivity index (χ2v) is 8.84. The average Bonchev–Trinajstić information content (AvgIpc) is 3.47. The van der Waals surface area contributed by atoms with Crippen LogP contribution in [0.5, 0.6) is 11.5 Å². The molecule has 2 aliphatic rings. The third-order valence-electron chi connectivity index (χ3n) is 6.45. The average molecular weight is 443 g/mol. The van der Waals surface area contributed by atoms with Gasteiger partial charge in [-0.3, -0.25) is 9.59 Å². The molecule has 5 rings (SSSR count). The van der Waals surface area contributed by atoms with E-state index in [-0.39, 0.29) is 18.6 Å². The molecular formula is C27H26N2O4. The second-order valence-electron chi connectivity index (χ2n) is 8.84. The number of hydrogen-bond donors (Lipinski definition) is 2. The summed E-state index contributed by atoms with van der Waals surface area (Å²) in [5, 5.41) is 5.98. The normalized spacial score (nSPS) is 15.1. The van der Waals surface area contributed by atoms with Gasteiger partial charge in [0.05, 0.1) is 5.41 Å². The molecular weight excluding hydrogens is 416 g/mol. The van der Waals surface area contributed by atoms with E-state index in [9.17, 15) is 9.59 Å². The number of rotatable bonds is 5. The van der Waals surface area contributed by atoms with E-state index < -0.39 is 5.41 Å². The van der Waals surface area contributed by atoms with Gasteiger partial charge in [0.1, 0.15) is 0 Å². The summed E-state index contributed by atoms with van der Waals surface area (Å²) in [5.41, 5.74) is 6.16. The molecule has 33 heavy (non-hydrogen) atoms. The van der Waals surface area contributed by atoms with Gasteiger partial charge in [-0.2, -0.15) is 0 Å². The molecule has 1 saturated carbocycles. The summed E-state index contributed by atoms with van der Waals surface area (Å²) in [5.74, 6) is 1.32. The Morgan fingerprint density at radius 2 is 1.64 bits per heavy atom. The number of carbonyl (C=O) groups is 2. The van der Waals surface area contributed by atoms with Crippen molar-refractivity contribution in [3.8, 4) is 22.6 Å². The lowest BCUT2D eigenvalue weighted by Gasteiger charge is -2.18. The van der Waals surface area contributed by atoms with Crippen molar-refractivity contribution in [2.24, 2.45) is 0 Å². The zero-order valence-corrected chi connectivity index (χ0v) is 19.0. The molecule has 0 spiro atoms. The number of nitrogens with one attached hydrogen (secondary N) is 2. The van der Waals surface area contributed by atoms with Gasteiger partial charge in [-0.05, 0) is 90.9 Å². The summed E-state index contributed by atoms with van der Waals surface area (Å²) in [6.45, 7) is 5.74. The molecule has 1 heterocycles. The third-order valence-corrected chi connectivity index (χ3v) is 6.45. The molecule has 1 aliphatic carbocycles. The summed E-state index contributed by atoms with van der Waals surface area (Å²) >= 11 is 0. The van der Waals surface area contributed by atoms with Crippen LogP contribution in [0.25, 0.3) is 11.1 Å². The van der Waals surface area contributed by atoms with Gasteiger partial charge in [-0.1, -0.05) is 18.2 Å². The fraction of sp³-hybridized carbons (Fsp3) is 0.259. The Labute approximate surface area is 192 Å². The Balaban J connectivity index is 1.39. The van der Waals surface area contributed by atoms with Crippen LogP contribution < -0.4 is 20.1 Å². The van der Waals surface area contributed by atoms with E-state index >= 15 is 0 Å². The summed E-state index contributed by atoms with van der Waals surface area (Å²) in [6, 6.07) is 17.7. The molecule has 6 heteroatoms. The first-order valence-corrected chi connectivity index (χ1v) is 11.1. The fourth-order valence-electron chi connectivity index (χ4n) is 4.39. The smallest absolute Gasteiger partial charge is 0.235 e. The number of carbonyl (C=O) groups excluding carboxylic acids is 2. The monoisotopic (exact) mass is 442 g/mol. The van der Waals surface area contributed by atoms with Crippen LogP contribution in [0.1, 0.15) is 36.5 Å². The largest absolute Gasteiger partial charge is 0.454 e. The minimum absolute atomic E-state index is 0.00615. The minimum Gasteiger partial charge on any atom is -0.454 e. The maximum atomic E-state index is 13.3. The van der Waals surface area contributed by atoms with Gasteiger partial charge in [-0.25, -0.2) is 0 Å². The Hall–Kier alpha value is -3.80. The van der Waals surface area contributed by atoms with Gasteiger partial charge < -0.3 is 20.1 Å². The molecule has 0 atom stereocenters. The molecule has 3 aromatic rings. The van der Waals surface area contributed by atoms with Gasteiger partial charge in [0.2, 0.25) is 18.6 Å². The number of anilines is 2. The minimum atomic E-state index is -0.525. The van der Waals surface area contributed by atoms with E-state index in [0.717, 1.165) is 57.8 Å². The summed E-state index contributed by atoms with van der Waals surface area (Å²) in [6.07, 6.45) is 1.61. The Morgan fingerprint density at radius 3 is 2.36 bits per heavy atom. The molecule has 0 aromatic heterocycles. The van der Waals surface area contributed by atoms with E-state index in [0.29, 0.717) is 5.75 Å². The number of ether oxygens (including phenoxy) is 2. The lowest BCUT2D eigenvalue weighted by Crippen LogP contribution is -2.27. The van der Waals surface area contributed by atoms with Crippen molar-refractivity contribution >= 4 is 23.2 Å². The van der Waals surface area contributed by atoms with E-state index in [1.165, 1.54) is 6.92 Å². The number of fused-ring (bicyclic) bond motifs is 1. The maximum absolute atomic E-state index is 13.3. The van der Waals surface area contributed by atoms with Crippen molar-refractivity contribution in [1.82, 2.24) is 0 Å². The SMILES string of the molecule is CC(=O)Nc1ccc(-c2cc(NC(=O)C3(c4ccc5c(c4)OCO5)CC3)ccc2C)cc1C. The van der Waals surface area contributed by atoms with Gasteiger partial charge in [0.15, 0.2) is 11.5 Å². The highest BCUT2D eigenvalue weighted by atomic mass is 16.7. The number of hydrogen-bond acceptors (Lipinski definition) is 4. The molecule has 2 N–H and O–H groups in total. The van der Waals surface area contributed by atoms with Crippen LogP contribution in [-0.2, 0) is 15.0 Å². The Bertz CT molecular complexity index is 1280. The highest BCUT2D eigenvalue weighted by Gasteiger charge is 2.51. The maximum Gasteiger partial charge on any atom is 0.235 e. The van der Waals surface area contributed by atoms with Crippen LogP contribution in [0.2, 0.25) is 0 Å². The molecule has 2 amide bonds. The third kappa shape index (κ3) is 3.93. The first-order valence-electron chi connectivity index (χ1n) is 11.1. The van der Waals surface area contributed by atoms with Crippen molar-refractivity contribution in [1.29, 1.82) is 0 Å². The first-order chi connectivity index (χ1) is 15.9. The van der Waals surface area contributed by atoms with Gasteiger partial charge in [0.25, 0.3) is 0 Å². The van der Waals surface area contributed by atoms with Crippen LogP contribution in [0.3, 0.4) is 0 Å². The number of aryl methyl sites for hydroxylation is 2. The summed E-state index contributed by atoms with van der Waals surface area (Å²) in [4.78, 5) is 24.7. The van der Waals surface area contributed by atoms with Crippen molar-refractivity contribution in [2.75, 3.05) is 17.4 Å². The predicted octanol–water partition coefficient (Wildman–Crippen LogP) is 5.33. The zero-order chi connectivity index (χ0) is 23.2. The lowest BCUT2D eigenvalue weighted by atomic mass is 9.94. The quantitative estimate of drug-likeness (QED) is 0.560. The topological polar surface area (TPSA) is 76.7 Å².